The van der Waals surface area contributed by atoms with E-state index in [1.54, 1.807) is 53.1 Å². The third-order valence-electron chi connectivity index (χ3n) is 5.96. The number of fused-ring (bicyclic) bond motifs is 1. The van der Waals surface area contributed by atoms with Crippen molar-refractivity contribution < 1.29 is 8.42 Å². The van der Waals surface area contributed by atoms with Gasteiger partial charge in [-0.25, -0.2) is 13.4 Å². The van der Waals surface area contributed by atoms with E-state index in [9.17, 15) is 8.42 Å². The number of nitriles is 1. The number of nitrogens with zero attached hydrogens (tertiary/aromatic N) is 6. The Morgan fingerprint density at radius 2 is 1.55 bits per heavy atom. The van der Waals surface area contributed by atoms with Crippen molar-refractivity contribution in [1.82, 2.24) is 23.6 Å². The molecule has 0 saturated carbocycles. The molecule has 0 amide bonds. The summed E-state index contributed by atoms with van der Waals surface area (Å²) in [5.74, 6) is 0. The van der Waals surface area contributed by atoms with Crippen LogP contribution in [0.25, 0.3) is 28.2 Å². The number of aromatic nitrogens is 3. The summed E-state index contributed by atoms with van der Waals surface area (Å²) in [5.41, 5.74) is 4.64. The fourth-order valence-corrected chi connectivity index (χ4v) is 5.36. The van der Waals surface area contributed by atoms with Crippen LogP contribution in [0.2, 0.25) is 0 Å². The van der Waals surface area contributed by atoms with E-state index >= 15 is 0 Å². The molecule has 8 nitrogen and oxygen atoms in total. The Labute approximate surface area is 192 Å². The molecule has 2 aromatic heterocycles. The summed E-state index contributed by atoms with van der Waals surface area (Å²) in [4.78, 5) is 11.3. The van der Waals surface area contributed by atoms with Gasteiger partial charge in [-0.2, -0.15) is 9.57 Å². The summed E-state index contributed by atoms with van der Waals surface area (Å²) in [6.07, 6.45) is 5.35. The topological polar surface area (TPSA) is 94.6 Å². The first-order chi connectivity index (χ1) is 16.0. The molecule has 0 bridgehead atoms. The summed E-state index contributed by atoms with van der Waals surface area (Å²) in [6, 6.07) is 16.3. The predicted octanol–water partition coefficient (Wildman–Crippen LogP) is 2.87. The van der Waals surface area contributed by atoms with Crippen LogP contribution in [0.1, 0.15) is 5.56 Å². The Morgan fingerprint density at radius 3 is 2.21 bits per heavy atom. The van der Waals surface area contributed by atoms with Gasteiger partial charge in [0.2, 0.25) is 10.0 Å². The maximum Gasteiger partial charge on any atom is 0.243 e. The molecule has 0 radical (unpaired) electrons. The highest BCUT2D eigenvalue weighted by Gasteiger charge is 2.27. The molecule has 33 heavy (non-hydrogen) atoms. The van der Waals surface area contributed by atoms with Crippen molar-refractivity contribution in [2.24, 2.45) is 0 Å². The first-order valence-corrected chi connectivity index (χ1v) is 12.0. The molecule has 9 heteroatoms. The molecule has 1 aliphatic heterocycles. The maximum absolute atomic E-state index is 13.0. The second-order valence-corrected chi connectivity index (χ2v) is 10.0. The standard InChI is InChI=1S/C24H22N6O2S/c1-28-10-12-29(13-11-28)33(31,32)21-8-6-19(7-9-21)22-17-30-23(15-27-24(30)16-26-22)20-4-2-18(14-25)3-5-20/h2-9,15-17H,10-13H2,1H3. The molecule has 0 unspecified atom stereocenters. The predicted molar refractivity (Wildman–Crippen MR) is 125 cm³/mol. The SMILES string of the molecule is CN1CCN(S(=O)(=O)c2ccc(-c3cn4c(-c5ccc(C#N)cc5)cnc4cn3)cc2)CC1. The van der Waals surface area contributed by atoms with E-state index in [4.69, 9.17) is 5.26 Å². The van der Waals surface area contributed by atoms with Crippen molar-refractivity contribution in [3.05, 3.63) is 72.7 Å². The average Bonchev–Trinajstić information content (AvgIpc) is 3.28. The van der Waals surface area contributed by atoms with Gasteiger partial charge < -0.3 is 4.90 Å². The Bertz CT molecular complexity index is 1450. The number of likely N-dealkylation sites (N-methyl/N-ethyl adjacent to an activating group) is 1. The molecule has 0 aliphatic carbocycles. The van der Waals surface area contributed by atoms with Gasteiger partial charge in [-0.15, -0.1) is 0 Å². The van der Waals surface area contributed by atoms with Crippen molar-refractivity contribution in [2.75, 3.05) is 33.2 Å². The van der Waals surface area contributed by atoms with Crippen molar-refractivity contribution in [3.63, 3.8) is 0 Å². The van der Waals surface area contributed by atoms with Crippen molar-refractivity contribution in [3.8, 4) is 28.6 Å². The Hall–Kier alpha value is -3.58. The van der Waals surface area contributed by atoms with Gasteiger partial charge in [0.25, 0.3) is 0 Å². The second-order valence-electron chi connectivity index (χ2n) is 8.07. The first kappa shape index (κ1) is 21.3. The zero-order valence-electron chi connectivity index (χ0n) is 18.1. The van der Waals surface area contributed by atoms with E-state index in [1.807, 2.05) is 29.8 Å². The number of benzene rings is 2. The zero-order chi connectivity index (χ0) is 23.0. The van der Waals surface area contributed by atoms with Crippen LogP contribution in [-0.4, -0.2) is 65.2 Å². The van der Waals surface area contributed by atoms with Crippen molar-refractivity contribution in [1.29, 1.82) is 5.26 Å². The van der Waals surface area contributed by atoms with E-state index in [0.29, 0.717) is 30.0 Å². The summed E-state index contributed by atoms with van der Waals surface area (Å²) in [7, 11) is -1.51. The van der Waals surface area contributed by atoms with Crippen LogP contribution in [0.5, 0.6) is 0 Å². The number of rotatable bonds is 4. The molecule has 166 valence electrons. The minimum absolute atomic E-state index is 0.290. The van der Waals surface area contributed by atoms with Gasteiger partial charge >= 0.3 is 0 Å². The van der Waals surface area contributed by atoms with E-state index in [-0.39, 0.29) is 4.90 Å². The normalized spacial score (nSPS) is 15.5. The molecule has 2 aromatic carbocycles. The molecule has 0 atom stereocenters. The second kappa shape index (κ2) is 8.41. The molecule has 0 spiro atoms. The van der Waals surface area contributed by atoms with Crippen LogP contribution in [0, 0.1) is 11.3 Å². The van der Waals surface area contributed by atoms with Gasteiger partial charge in [0.15, 0.2) is 5.65 Å². The van der Waals surface area contributed by atoms with Crippen LogP contribution < -0.4 is 0 Å². The highest BCUT2D eigenvalue weighted by atomic mass is 32.2. The first-order valence-electron chi connectivity index (χ1n) is 10.6. The highest BCUT2D eigenvalue weighted by molar-refractivity contribution is 7.89. The number of hydrogen-bond donors (Lipinski definition) is 0. The quantitative estimate of drug-likeness (QED) is 0.467. The van der Waals surface area contributed by atoms with Crippen LogP contribution >= 0.6 is 0 Å². The lowest BCUT2D eigenvalue weighted by atomic mass is 10.1. The lowest BCUT2D eigenvalue weighted by molar-refractivity contribution is 0.222. The lowest BCUT2D eigenvalue weighted by Crippen LogP contribution is -2.46. The van der Waals surface area contributed by atoms with Crippen molar-refractivity contribution >= 4 is 15.7 Å². The smallest absolute Gasteiger partial charge is 0.243 e. The molecular weight excluding hydrogens is 436 g/mol. The number of hydrogen-bond acceptors (Lipinski definition) is 6. The van der Waals surface area contributed by atoms with Gasteiger partial charge in [-0.3, -0.25) is 9.38 Å². The average molecular weight is 459 g/mol. The van der Waals surface area contributed by atoms with E-state index in [2.05, 4.69) is 20.9 Å². The zero-order valence-corrected chi connectivity index (χ0v) is 18.9. The summed E-state index contributed by atoms with van der Waals surface area (Å²) in [5, 5.41) is 9.03. The lowest BCUT2D eigenvalue weighted by Gasteiger charge is -2.31. The number of sulfonamides is 1. The maximum atomic E-state index is 13.0. The largest absolute Gasteiger partial charge is 0.304 e. The van der Waals surface area contributed by atoms with Gasteiger partial charge in [0.05, 0.1) is 40.3 Å². The van der Waals surface area contributed by atoms with E-state index < -0.39 is 10.0 Å². The molecule has 1 fully saturated rings. The van der Waals surface area contributed by atoms with E-state index in [1.165, 1.54) is 0 Å². The third kappa shape index (κ3) is 4.00. The van der Waals surface area contributed by atoms with Gasteiger partial charge in [0.1, 0.15) is 0 Å². The highest BCUT2D eigenvalue weighted by Crippen LogP contribution is 2.26. The summed E-state index contributed by atoms with van der Waals surface area (Å²) in [6.45, 7) is 2.45. The molecule has 1 saturated heterocycles. The fraction of sp³-hybridized carbons (Fsp3) is 0.208. The van der Waals surface area contributed by atoms with E-state index in [0.717, 1.165) is 29.9 Å². The van der Waals surface area contributed by atoms with Crippen LogP contribution in [0.4, 0.5) is 0 Å². The van der Waals surface area contributed by atoms with Gasteiger partial charge in [-0.1, -0.05) is 24.3 Å². The number of imidazole rings is 1. The van der Waals surface area contributed by atoms with Crippen molar-refractivity contribution in [2.45, 2.75) is 4.90 Å². The molecule has 4 aromatic rings. The summed E-state index contributed by atoms with van der Waals surface area (Å²) >= 11 is 0. The molecule has 1 aliphatic rings. The molecule has 3 heterocycles. The third-order valence-corrected chi connectivity index (χ3v) is 7.87. The fourth-order valence-electron chi connectivity index (χ4n) is 3.94. The molecular formula is C24H22N6O2S. The minimum Gasteiger partial charge on any atom is -0.304 e. The van der Waals surface area contributed by atoms with Gasteiger partial charge in [-0.05, 0) is 31.3 Å². The molecule has 5 rings (SSSR count). The van der Waals surface area contributed by atoms with Crippen LogP contribution in [-0.2, 0) is 10.0 Å². The monoisotopic (exact) mass is 458 g/mol. The van der Waals surface area contributed by atoms with Crippen LogP contribution in [0.3, 0.4) is 0 Å². The Balaban J connectivity index is 1.45. The number of piperazine rings is 1. The molecule has 0 N–H and O–H groups in total. The Morgan fingerprint density at radius 1 is 0.879 bits per heavy atom. The summed E-state index contributed by atoms with van der Waals surface area (Å²) < 4.78 is 29.5. The van der Waals surface area contributed by atoms with Gasteiger partial charge in [0, 0.05) is 43.5 Å². The minimum atomic E-state index is -3.51. The Kier molecular flexibility index (Phi) is 5.42. The van der Waals surface area contributed by atoms with Crippen LogP contribution in [0.15, 0.2) is 72.0 Å².